The molecule has 0 amide bonds. The van der Waals surface area contributed by atoms with Crippen LogP contribution in [0.4, 0.5) is 8.78 Å². The Kier molecular flexibility index (Phi) is 4.73. The minimum Gasteiger partial charge on any atom is -0.387 e. The van der Waals surface area contributed by atoms with Crippen molar-refractivity contribution in [2.24, 2.45) is 15.6 Å². The number of aromatic nitrogens is 4. The maximum atomic E-state index is 14.5. The van der Waals surface area contributed by atoms with E-state index in [1.165, 1.54) is 18.2 Å². The second kappa shape index (κ2) is 7.52. The minimum absolute atomic E-state index is 0.147. The minimum atomic E-state index is -0.682. The fourth-order valence-electron chi connectivity index (χ4n) is 6.21. The highest BCUT2D eigenvalue weighted by molar-refractivity contribution is 6.14. The second-order valence-electron chi connectivity index (χ2n) is 10.1. The first-order valence-electron chi connectivity index (χ1n) is 11.7. The first-order chi connectivity index (χ1) is 16.7. The molecule has 7 nitrogen and oxygen atoms in total. The summed E-state index contributed by atoms with van der Waals surface area (Å²) >= 11 is 0. The van der Waals surface area contributed by atoms with Crippen molar-refractivity contribution in [2.45, 2.75) is 57.5 Å². The molecule has 178 valence electrons. The van der Waals surface area contributed by atoms with Crippen molar-refractivity contribution in [1.29, 1.82) is 0 Å². The van der Waals surface area contributed by atoms with Gasteiger partial charge in [0, 0.05) is 12.6 Å². The zero-order chi connectivity index (χ0) is 24.5. The Morgan fingerprint density at radius 2 is 1.86 bits per heavy atom. The first-order valence-corrected chi connectivity index (χ1v) is 11.7. The molecule has 1 fully saturated rings. The molecule has 3 aromatic rings. The van der Waals surface area contributed by atoms with Crippen LogP contribution in [0.5, 0.6) is 0 Å². The maximum absolute atomic E-state index is 14.5. The van der Waals surface area contributed by atoms with E-state index in [0.29, 0.717) is 23.7 Å². The van der Waals surface area contributed by atoms with Gasteiger partial charge in [-0.2, -0.15) is 15.3 Å². The molecule has 3 aliphatic rings. The second-order valence-corrected chi connectivity index (χ2v) is 10.1. The number of rotatable bonds is 4. The number of hydrogen-bond donors (Lipinski definition) is 1. The van der Waals surface area contributed by atoms with Gasteiger partial charge in [0.25, 0.3) is 0 Å². The van der Waals surface area contributed by atoms with Crippen LogP contribution in [0.25, 0.3) is 11.3 Å². The maximum Gasteiger partial charge on any atom is 0.176 e. The van der Waals surface area contributed by atoms with E-state index in [-0.39, 0.29) is 22.6 Å². The summed E-state index contributed by atoms with van der Waals surface area (Å²) in [5.74, 6) is -0.697. The molecule has 3 atom stereocenters. The Labute approximate surface area is 201 Å². The Balaban J connectivity index is 1.45. The molecule has 9 heteroatoms. The highest BCUT2D eigenvalue weighted by Crippen LogP contribution is 2.69. The van der Waals surface area contributed by atoms with Crippen molar-refractivity contribution in [1.82, 2.24) is 20.2 Å². The van der Waals surface area contributed by atoms with Gasteiger partial charge in [0.15, 0.2) is 5.82 Å². The van der Waals surface area contributed by atoms with E-state index in [9.17, 15) is 13.9 Å². The molecule has 35 heavy (non-hydrogen) atoms. The third kappa shape index (κ3) is 2.97. The van der Waals surface area contributed by atoms with Gasteiger partial charge >= 0.3 is 0 Å². The van der Waals surface area contributed by atoms with Gasteiger partial charge in [0.2, 0.25) is 0 Å². The monoisotopic (exact) mass is 474 g/mol. The lowest BCUT2D eigenvalue weighted by atomic mass is 9.66. The summed E-state index contributed by atoms with van der Waals surface area (Å²) in [6.07, 6.45) is 3.16. The Morgan fingerprint density at radius 1 is 1.09 bits per heavy atom. The molecule has 1 N–H and O–H groups in total. The molecule has 6 rings (SSSR count). The molecular formula is C26H24F2N6O. The van der Waals surface area contributed by atoms with E-state index in [2.05, 4.69) is 39.2 Å². The molecule has 0 spiro atoms. The average Bonchev–Trinajstić information content (AvgIpc) is 3.48. The molecule has 0 saturated heterocycles. The van der Waals surface area contributed by atoms with Crippen LogP contribution >= 0.6 is 0 Å². The van der Waals surface area contributed by atoms with Gasteiger partial charge in [-0.15, -0.1) is 5.10 Å². The van der Waals surface area contributed by atoms with Gasteiger partial charge in [0.1, 0.15) is 17.3 Å². The Morgan fingerprint density at radius 3 is 2.57 bits per heavy atom. The quantitative estimate of drug-likeness (QED) is 0.607. The predicted molar refractivity (Wildman–Crippen MR) is 126 cm³/mol. The molecule has 1 aliphatic heterocycles. The highest BCUT2D eigenvalue weighted by atomic mass is 19.1. The van der Waals surface area contributed by atoms with Crippen molar-refractivity contribution in [2.75, 3.05) is 0 Å². The van der Waals surface area contributed by atoms with E-state index in [1.807, 2.05) is 6.07 Å². The average molecular weight is 475 g/mol. The third-order valence-corrected chi connectivity index (χ3v) is 8.08. The van der Waals surface area contributed by atoms with Crippen LogP contribution in [0.15, 0.2) is 46.7 Å². The summed E-state index contributed by atoms with van der Waals surface area (Å²) in [6, 6.07) is 7.49. The van der Waals surface area contributed by atoms with E-state index < -0.39 is 23.2 Å². The van der Waals surface area contributed by atoms with E-state index in [1.54, 1.807) is 19.2 Å². The lowest BCUT2D eigenvalue weighted by Crippen LogP contribution is -2.38. The molecular weight excluding hydrogens is 450 g/mol. The summed E-state index contributed by atoms with van der Waals surface area (Å²) in [5.41, 5.74) is 3.06. The number of nitrogens with zero attached hydrogens (tertiary/aromatic N) is 6. The van der Waals surface area contributed by atoms with Crippen LogP contribution in [0, 0.1) is 17.0 Å². The van der Waals surface area contributed by atoms with Crippen LogP contribution in [-0.2, 0) is 5.41 Å². The number of benzene rings is 1. The van der Waals surface area contributed by atoms with E-state index in [0.717, 1.165) is 29.8 Å². The largest absolute Gasteiger partial charge is 0.387 e. The van der Waals surface area contributed by atoms with Crippen LogP contribution in [0.2, 0.25) is 0 Å². The fourth-order valence-corrected chi connectivity index (χ4v) is 6.21. The predicted octanol–water partition coefficient (Wildman–Crippen LogP) is 4.34. The van der Waals surface area contributed by atoms with Crippen LogP contribution < -0.4 is 0 Å². The van der Waals surface area contributed by atoms with Gasteiger partial charge in [0.05, 0.1) is 39.9 Å². The molecule has 0 unspecified atom stereocenters. The molecule has 2 aliphatic carbocycles. The summed E-state index contributed by atoms with van der Waals surface area (Å²) in [5, 5.41) is 27.0. The van der Waals surface area contributed by atoms with Crippen molar-refractivity contribution < 1.29 is 13.9 Å². The summed E-state index contributed by atoms with van der Waals surface area (Å²) in [7, 11) is 0. The van der Waals surface area contributed by atoms with Crippen molar-refractivity contribution in [3.8, 4) is 11.3 Å². The number of aliphatic hydroxyl groups excluding tert-OH is 1. The summed E-state index contributed by atoms with van der Waals surface area (Å²) < 4.78 is 29.0. The lowest BCUT2D eigenvalue weighted by molar-refractivity contribution is 0.242. The van der Waals surface area contributed by atoms with E-state index in [4.69, 9.17) is 4.98 Å². The number of fused-ring (bicyclic) bond motifs is 5. The first kappa shape index (κ1) is 22.0. The lowest BCUT2D eigenvalue weighted by Gasteiger charge is -2.37. The third-order valence-electron chi connectivity index (χ3n) is 8.08. The number of aliphatic hydroxyl groups is 1. The van der Waals surface area contributed by atoms with Crippen molar-refractivity contribution >= 4 is 11.4 Å². The number of hydrogen-bond acceptors (Lipinski definition) is 7. The smallest absolute Gasteiger partial charge is 0.176 e. The van der Waals surface area contributed by atoms with Gasteiger partial charge in [-0.05, 0) is 60.9 Å². The van der Waals surface area contributed by atoms with Gasteiger partial charge in [-0.1, -0.05) is 19.9 Å². The SMILES string of the molecule is C[C@@H](O)C1=NN=C(c2nccc([C@@]34CC[C@@H](c5cc(-c6c(F)cccc6F)nnc53)C4(C)C)n2)C1. The van der Waals surface area contributed by atoms with Crippen LogP contribution in [-0.4, -0.2) is 42.8 Å². The van der Waals surface area contributed by atoms with Crippen LogP contribution in [0.3, 0.4) is 0 Å². The molecule has 2 aromatic heterocycles. The Hall–Kier alpha value is -3.46. The highest BCUT2D eigenvalue weighted by Gasteiger charge is 2.65. The topological polar surface area (TPSA) is 96.5 Å². The molecule has 1 aromatic carbocycles. The zero-order valence-corrected chi connectivity index (χ0v) is 19.6. The van der Waals surface area contributed by atoms with Crippen molar-refractivity contribution in [3.63, 3.8) is 0 Å². The normalized spacial score (nSPS) is 24.8. The number of halogens is 2. The summed E-state index contributed by atoms with van der Waals surface area (Å²) in [4.78, 5) is 9.35. The van der Waals surface area contributed by atoms with Gasteiger partial charge in [-0.3, -0.25) is 0 Å². The van der Waals surface area contributed by atoms with Gasteiger partial charge in [-0.25, -0.2) is 18.7 Å². The fraction of sp³-hybridized carbons (Fsp3) is 0.385. The molecule has 0 radical (unpaired) electrons. The van der Waals surface area contributed by atoms with Crippen LogP contribution in [0.1, 0.15) is 68.7 Å². The van der Waals surface area contributed by atoms with Gasteiger partial charge < -0.3 is 5.11 Å². The zero-order valence-electron chi connectivity index (χ0n) is 19.6. The summed E-state index contributed by atoms with van der Waals surface area (Å²) in [6.45, 7) is 6.04. The van der Waals surface area contributed by atoms with E-state index >= 15 is 0 Å². The standard InChI is InChI=1S/C26H24F2N6O/c1-13(35)18-12-20(33-31-18)24-29-10-8-21(30-24)26-9-7-15(25(26,2)3)14-11-19(32-34-23(14)26)22-16(27)5-4-6-17(22)28/h4-6,8,10-11,13,15,35H,7,9,12H2,1-3H3/t13-,15+,26+/m1/s1. The van der Waals surface area contributed by atoms with Crippen molar-refractivity contribution in [3.05, 3.63) is 70.9 Å². The molecule has 1 saturated carbocycles. The Bertz CT molecular complexity index is 1410. The molecule has 3 heterocycles. The molecule has 2 bridgehead atoms.